The molecule has 7 heteroatoms. The Labute approximate surface area is 170 Å². The van der Waals surface area contributed by atoms with Gasteiger partial charge in [0, 0.05) is 4.90 Å². The first-order chi connectivity index (χ1) is 13.7. The van der Waals surface area contributed by atoms with Crippen LogP contribution in [0.4, 0.5) is 5.13 Å². The van der Waals surface area contributed by atoms with E-state index in [9.17, 15) is 4.79 Å². The molecule has 0 radical (unpaired) electrons. The molecular formula is C21H18N2O3S2. The van der Waals surface area contributed by atoms with Gasteiger partial charge < -0.3 is 9.15 Å². The summed E-state index contributed by atoms with van der Waals surface area (Å²) in [4.78, 5) is 20.5. The molecule has 1 amide bonds. The van der Waals surface area contributed by atoms with Gasteiger partial charge in [-0.15, -0.1) is 11.8 Å². The molecule has 142 valence electrons. The van der Waals surface area contributed by atoms with Crippen LogP contribution in [0.15, 0.2) is 76.2 Å². The van der Waals surface area contributed by atoms with Gasteiger partial charge in [-0.25, -0.2) is 4.98 Å². The number of methoxy groups -OCH3 is 1. The maximum absolute atomic E-state index is 13.1. The van der Waals surface area contributed by atoms with E-state index < -0.39 is 0 Å². The predicted octanol–water partition coefficient (Wildman–Crippen LogP) is 5.22. The van der Waals surface area contributed by atoms with E-state index in [1.807, 2.05) is 60.7 Å². The quantitative estimate of drug-likeness (QED) is 0.391. The number of amides is 1. The molecule has 2 aromatic heterocycles. The van der Waals surface area contributed by atoms with Crippen LogP contribution in [0.25, 0.3) is 10.2 Å². The number of ether oxygens (including phenoxy) is 1. The largest absolute Gasteiger partial charge is 0.494 e. The number of aromatic nitrogens is 1. The number of benzene rings is 2. The lowest BCUT2D eigenvalue weighted by Gasteiger charge is -2.18. The van der Waals surface area contributed by atoms with Crippen molar-refractivity contribution in [3.63, 3.8) is 0 Å². The van der Waals surface area contributed by atoms with Crippen LogP contribution in [-0.4, -0.2) is 23.8 Å². The third-order valence-corrected chi connectivity index (χ3v) is 6.16. The number of hydrogen-bond acceptors (Lipinski definition) is 6. The highest BCUT2D eigenvalue weighted by Gasteiger charge is 2.22. The topological polar surface area (TPSA) is 55.6 Å². The van der Waals surface area contributed by atoms with Crippen molar-refractivity contribution in [2.24, 2.45) is 0 Å². The van der Waals surface area contributed by atoms with Gasteiger partial charge in [-0.05, 0) is 36.4 Å². The summed E-state index contributed by atoms with van der Waals surface area (Å²) in [5.74, 6) is 1.70. The van der Waals surface area contributed by atoms with Crippen LogP contribution in [0.3, 0.4) is 0 Å². The minimum Gasteiger partial charge on any atom is -0.494 e. The highest BCUT2D eigenvalue weighted by molar-refractivity contribution is 8.00. The van der Waals surface area contributed by atoms with Gasteiger partial charge >= 0.3 is 0 Å². The normalized spacial score (nSPS) is 10.9. The molecule has 0 fully saturated rings. The number of thiazole rings is 1. The second-order valence-electron chi connectivity index (χ2n) is 5.96. The fourth-order valence-corrected chi connectivity index (χ4v) is 4.55. The predicted molar refractivity (Wildman–Crippen MR) is 113 cm³/mol. The Hall–Kier alpha value is -2.77. The van der Waals surface area contributed by atoms with Crippen LogP contribution in [0, 0.1) is 0 Å². The number of nitrogens with zero attached hydrogens (tertiary/aromatic N) is 2. The molecule has 0 aliphatic carbocycles. The lowest BCUT2D eigenvalue weighted by molar-refractivity contribution is -0.116. The van der Waals surface area contributed by atoms with Crippen LogP contribution >= 0.6 is 23.1 Å². The fourth-order valence-electron chi connectivity index (χ4n) is 2.75. The first-order valence-corrected chi connectivity index (χ1v) is 10.5. The van der Waals surface area contributed by atoms with Crippen LogP contribution in [-0.2, 0) is 11.3 Å². The van der Waals surface area contributed by atoms with Crippen molar-refractivity contribution in [2.45, 2.75) is 11.4 Å². The molecule has 0 N–H and O–H groups in total. The molecule has 5 nitrogen and oxygen atoms in total. The Morgan fingerprint density at radius 1 is 1.14 bits per heavy atom. The van der Waals surface area contributed by atoms with Gasteiger partial charge in [0.1, 0.15) is 17.0 Å². The maximum atomic E-state index is 13.1. The molecule has 0 bridgehead atoms. The van der Waals surface area contributed by atoms with Gasteiger partial charge in [-0.2, -0.15) is 0 Å². The Balaban J connectivity index is 1.62. The second kappa shape index (κ2) is 8.50. The minimum atomic E-state index is -0.0247. The fraction of sp³-hybridized carbons (Fsp3) is 0.143. The van der Waals surface area contributed by atoms with E-state index in [1.165, 1.54) is 23.1 Å². The number of furan rings is 1. The summed E-state index contributed by atoms with van der Waals surface area (Å²) in [6.45, 7) is 0.337. The van der Waals surface area contributed by atoms with Crippen molar-refractivity contribution in [2.75, 3.05) is 17.8 Å². The molecule has 0 unspecified atom stereocenters. The third kappa shape index (κ3) is 4.05. The summed E-state index contributed by atoms with van der Waals surface area (Å²) < 4.78 is 11.9. The van der Waals surface area contributed by atoms with Crippen LogP contribution in [0.1, 0.15) is 5.76 Å². The van der Waals surface area contributed by atoms with Gasteiger partial charge in [0.05, 0.1) is 30.4 Å². The minimum absolute atomic E-state index is 0.0247. The van der Waals surface area contributed by atoms with Gasteiger partial charge in [0.15, 0.2) is 5.13 Å². The zero-order valence-electron chi connectivity index (χ0n) is 15.2. The Kier molecular flexibility index (Phi) is 5.64. The third-order valence-electron chi connectivity index (χ3n) is 4.12. The molecule has 0 spiro atoms. The maximum Gasteiger partial charge on any atom is 0.239 e. The number of fused-ring (bicyclic) bond motifs is 1. The Morgan fingerprint density at radius 3 is 2.75 bits per heavy atom. The standard InChI is InChI=1S/C21H18N2O3S2/c1-25-17-10-5-11-18-20(17)22-21(28-18)23(13-15-7-6-12-26-15)19(24)14-27-16-8-3-2-4-9-16/h2-12H,13-14H2,1H3. The number of anilines is 1. The smallest absolute Gasteiger partial charge is 0.239 e. The van der Waals surface area contributed by atoms with Gasteiger partial charge in [-0.3, -0.25) is 9.69 Å². The summed E-state index contributed by atoms with van der Waals surface area (Å²) in [5, 5.41) is 0.634. The van der Waals surface area contributed by atoms with Crippen LogP contribution in [0.2, 0.25) is 0 Å². The first kappa shape index (κ1) is 18.6. The molecule has 2 heterocycles. The first-order valence-electron chi connectivity index (χ1n) is 8.69. The zero-order valence-corrected chi connectivity index (χ0v) is 16.8. The average molecular weight is 411 g/mol. The van der Waals surface area contributed by atoms with Crippen molar-refractivity contribution in [3.05, 3.63) is 72.7 Å². The van der Waals surface area contributed by atoms with E-state index in [4.69, 9.17) is 9.15 Å². The van der Waals surface area contributed by atoms with Crippen molar-refractivity contribution in [1.29, 1.82) is 0 Å². The van der Waals surface area contributed by atoms with Gasteiger partial charge in [0.25, 0.3) is 0 Å². The number of hydrogen-bond donors (Lipinski definition) is 0. The highest BCUT2D eigenvalue weighted by Crippen LogP contribution is 2.35. The van der Waals surface area contributed by atoms with Crippen molar-refractivity contribution < 1.29 is 13.9 Å². The summed E-state index contributed by atoms with van der Waals surface area (Å²) in [6.07, 6.45) is 1.61. The van der Waals surface area contributed by atoms with E-state index in [2.05, 4.69) is 4.98 Å². The zero-order chi connectivity index (χ0) is 19.3. The Bertz CT molecular complexity index is 1060. The molecular weight excluding hydrogens is 392 g/mol. The average Bonchev–Trinajstić information content (AvgIpc) is 3.40. The summed E-state index contributed by atoms with van der Waals surface area (Å²) in [7, 11) is 1.62. The number of rotatable bonds is 7. The number of carbonyl (C=O) groups is 1. The van der Waals surface area contributed by atoms with Crippen molar-refractivity contribution in [1.82, 2.24) is 4.98 Å². The molecule has 0 saturated carbocycles. The van der Waals surface area contributed by atoms with E-state index in [1.54, 1.807) is 18.3 Å². The lowest BCUT2D eigenvalue weighted by Crippen LogP contribution is -2.31. The summed E-state index contributed by atoms with van der Waals surface area (Å²) in [5.41, 5.74) is 0.762. The van der Waals surface area contributed by atoms with E-state index in [0.29, 0.717) is 28.9 Å². The molecule has 4 aromatic rings. The van der Waals surface area contributed by atoms with E-state index >= 15 is 0 Å². The molecule has 0 atom stereocenters. The SMILES string of the molecule is COc1cccc2sc(N(Cc3ccco3)C(=O)CSc3ccccc3)nc12. The lowest BCUT2D eigenvalue weighted by atomic mass is 10.3. The molecule has 2 aromatic carbocycles. The number of carbonyl (C=O) groups excluding carboxylic acids is 1. The van der Waals surface area contributed by atoms with Crippen molar-refractivity contribution >= 4 is 44.4 Å². The molecule has 0 aliphatic rings. The number of thioether (sulfide) groups is 1. The summed E-state index contributed by atoms with van der Waals surface area (Å²) >= 11 is 2.98. The molecule has 4 rings (SSSR count). The van der Waals surface area contributed by atoms with Crippen LogP contribution in [0.5, 0.6) is 5.75 Å². The monoisotopic (exact) mass is 410 g/mol. The summed E-state index contributed by atoms with van der Waals surface area (Å²) in [6, 6.07) is 19.3. The van der Waals surface area contributed by atoms with E-state index in [0.717, 1.165) is 15.1 Å². The Morgan fingerprint density at radius 2 is 2.00 bits per heavy atom. The number of para-hydroxylation sites is 1. The van der Waals surface area contributed by atoms with E-state index in [-0.39, 0.29) is 5.91 Å². The molecule has 28 heavy (non-hydrogen) atoms. The van der Waals surface area contributed by atoms with Gasteiger partial charge in [-0.1, -0.05) is 35.6 Å². The highest BCUT2D eigenvalue weighted by atomic mass is 32.2. The van der Waals surface area contributed by atoms with Crippen LogP contribution < -0.4 is 9.64 Å². The molecule has 0 aliphatic heterocycles. The van der Waals surface area contributed by atoms with Gasteiger partial charge in [0.2, 0.25) is 5.91 Å². The second-order valence-corrected chi connectivity index (χ2v) is 8.02. The van der Waals surface area contributed by atoms with Crippen molar-refractivity contribution in [3.8, 4) is 5.75 Å². The molecule has 0 saturated heterocycles.